The van der Waals surface area contributed by atoms with Gasteiger partial charge in [-0.1, -0.05) is 13.2 Å². The molecule has 0 radical (unpaired) electrons. The van der Waals surface area contributed by atoms with E-state index in [1.165, 1.54) is 0 Å². The topological polar surface area (TPSA) is 71.1 Å². The van der Waals surface area contributed by atoms with E-state index in [9.17, 15) is 9.59 Å². The summed E-state index contributed by atoms with van der Waals surface area (Å²) in [6, 6.07) is 2.03. The summed E-state index contributed by atoms with van der Waals surface area (Å²) in [7, 11) is -1.26. The van der Waals surface area contributed by atoms with Crippen LogP contribution in [0.5, 0.6) is 0 Å². The molecule has 0 aromatic carbocycles. The zero-order valence-electron chi connectivity index (χ0n) is 19.8. The molecule has 0 heterocycles. The molecule has 0 atom stereocenters. The average molecular weight is 447 g/mol. The van der Waals surface area contributed by atoms with Gasteiger partial charge in [0.2, 0.25) is 0 Å². The van der Waals surface area contributed by atoms with Crippen molar-refractivity contribution < 1.29 is 27.9 Å². The molecule has 29 heavy (non-hydrogen) atoms. The summed E-state index contributed by atoms with van der Waals surface area (Å²) in [5.74, 6) is -0.604. The molecule has 0 fully saturated rings. The van der Waals surface area contributed by atoms with Crippen LogP contribution in [-0.2, 0) is 27.9 Å². The Balaban J connectivity index is 0. The van der Waals surface area contributed by atoms with Gasteiger partial charge in [0.05, 0.1) is 13.2 Å². The van der Waals surface area contributed by atoms with Gasteiger partial charge in [-0.3, -0.25) is 0 Å². The predicted molar refractivity (Wildman–Crippen MR) is 124 cm³/mol. The standard InChI is InChI=1S/C11H22O3Si.C10H20O3Si/c1-6-14-15(4,5)9-7-8-13-11(12)10(2)3;1-9(2)10(11)13-7-6-8-14(4,5)12-3/h2,6-9H2,1,3-5H3;1,6-8H2,2-5H3. The van der Waals surface area contributed by atoms with Crippen molar-refractivity contribution in [3.63, 3.8) is 0 Å². The maximum atomic E-state index is 11.1. The number of rotatable bonds is 13. The first-order valence-corrected chi connectivity index (χ1v) is 16.4. The minimum absolute atomic E-state index is 0.300. The van der Waals surface area contributed by atoms with Crippen molar-refractivity contribution in [3.05, 3.63) is 24.3 Å². The third-order valence-electron chi connectivity index (χ3n) is 4.10. The van der Waals surface area contributed by atoms with E-state index in [4.69, 9.17) is 18.3 Å². The number of carbonyl (C=O) groups excluding carboxylic acids is 2. The quantitative estimate of drug-likeness (QED) is 0.170. The summed E-state index contributed by atoms with van der Waals surface area (Å²) >= 11 is 0. The molecule has 0 amide bonds. The Morgan fingerprint density at radius 1 is 0.793 bits per heavy atom. The van der Waals surface area contributed by atoms with Gasteiger partial charge in [-0.15, -0.1) is 0 Å². The maximum absolute atomic E-state index is 11.1. The molecular formula is C21H42O6Si2. The van der Waals surface area contributed by atoms with E-state index in [1.54, 1.807) is 21.0 Å². The summed E-state index contributed by atoms with van der Waals surface area (Å²) in [6.07, 6.45) is 1.74. The molecule has 0 rings (SSSR count). The summed E-state index contributed by atoms with van der Waals surface area (Å²) in [5.41, 5.74) is 0.907. The lowest BCUT2D eigenvalue weighted by Crippen LogP contribution is -2.30. The van der Waals surface area contributed by atoms with E-state index in [0.29, 0.717) is 24.4 Å². The van der Waals surface area contributed by atoms with Gasteiger partial charge >= 0.3 is 11.9 Å². The fraction of sp³-hybridized carbons (Fsp3) is 0.714. The molecule has 6 nitrogen and oxygen atoms in total. The van der Waals surface area contributed by atoms with E-state index in [0.717, 1.165) is 31.5 Å². The second kappa shape index (κ2) is 15.6. The number of hydrogen-bond acceptors (Lipinski definition) is 6. The Kier molecular flexibility index (Phi) is 16.1. The number of carbonyl (C=O) groups is 2. The number of hydrogen-bond donors (Lipinski definition) is 0. The molecule has 0 aromatic rings. The van der Waals surface area contributed by atoms with Crippen molar-refractivity contribution >= 4 is 28.6 Å². The minimum atomic E-state index is -1.52. The molecule has 0 aliphatic carbocycles. The minimum Gasteiger partial charge on any atom is -0.462 e. The number of esters is 2. The monoisotopic (exact) mass is 446 g/mol. The SMILES string of the molecule is C=C(C)C(=O)OCCC[Si](C)(C)OC.C=C(C)C(=O)OCCC[Si](C)(C)OCC. The highest BCUT2D eigenvalue weighted by Crippen LogP contribution is 2.14. The third-order valence-corrected chi connectivity index (χ3v) is 9.39. The summed E-state index contributed by atoms with van der Waals surface area (Å²) in [4.78, 5) is 22.0. The van der Waals surface area contributed by atoms with Crippen LogP contribution in [0, 0.1) is 0 Å². The van der Waals surface area contributed by atoms with E-state index >= 15 is 0 Å². The van der Waals surface area contributed by atoms with E-state index in [2.05, 4.69) is 39.3 Å². The second-order valence-corrected chi connectivity index (χ2v) is 16.9. The van der Waals surface area contributed by atoms with Gasteiger partial charge in [0.1, 0.15) is 0 Å². The zero-order chi connectivity index (χ0) is 23.1. The van der Waals surface area contributed by atoms with E-state index < -0.39 is 16.6 Å². The van der Waals surface area contributed by atoms with Crippen LogP contribution >= 0.6 is 0 Å². The summed E-state index contributed by atoms with van der Waals surface area (Å²) < 4.78 is 21.0. The van der Waals surface area contributed by atoms with E-state index in [1.807, 2.05) is 6.92 Å². The van der Waals surface area contributed by atoms with Crippen LogP contribution in [0.2, 0.25) is 38.3 Å². The van der Waals surface area contributed by atoms with Crippen molar-refractivity contribution in [2.75, 3.05) is 26.9 Å². The molecule has 0 unspecified atom stereocenters. The third kappa shape index (κ3) is 18.5. The van der Waals surface area contributed by atoms with Crippen LogP contribution in [0.3, 0.4) is 0 Å². The predicted octanol–water partition coefficient (Wildman–Crippen LogP) is 5.08. The Morgan fingerprint density at radius 2 is 1.17 bits per heavy atom. The molecule has 0 bridgehead atoms. The van der Waals surface area contributed by atoms with Crippen molar-refractivity contribution in [2.45, 2.75) is 71.9 Å². The highest BCUT2D eigenvalue weighted by molar-refractivity contribution is 6.71. The van der Waals surface area contributed by atoms with Crippen LogP contribution in [-0.4, -0.2) is 55.5 Å². The van der Waals surface area contributed by atoms with Crippen molar-refractivity contribution in [1.82, 2.24) is 0 Å². The molecule has 170 valence electrons. The van der Waals surface area contributed by atoms with Crippen LogP contribution in [0.1, 0.15) is 33.6 Å². The van der Waals surface area contributed by atoms with Crippen LogP contribution in [0.25, 0.3) is 0 Å². The van der Waals surface area contributed by atoms with Crippen molar-refractivity contribution in [2.24, 2.45) is 0 Å². The Bertz CT molecular complexity index is 529. The van der Waals surface area contributed by atoms with Gasteiger partial charge in [0.15, 0.2) is 16.6 Å². The first-order valence-electron chi connectivity index (χ1n) is 10.1. The van der Waals surface area contributed by atoms with Crippen LogP contribution in [0.15, 0.2) is 24.3 Å². The zero-order valence-corrected chi connectivity index (χ0v) is 21.8. The molecule has 0 N–H and O–H groups in total. The molecule has 0 spiro atoms. The first kappa shape index (κ1) is 30.0. The van der Waals surface area contributed by atoms with Crippen molar-refractivity contribution in [1.29, 1.82) is 0 Å². The van der Waals surface area contributed by atoms with E-state index in [-0.39, 0.29) is 11.9 Å². The fourth-order valence-electron chi connectivity index (χ4n) is 2.14. The highest BCUT2D eigenvalue weighted by Gasteiger charge is 2.21. The molecule has 0 aliphatic heterocycles. The lowest BCUT2D eigenvalue weighted by molar-refractivity contribution is -0.139. The largest absolute Gasteiger partial charge is 0.462 e. The van der Waals surface area contributed by atoms with Crippen molar-refractivity contribution in [3.8, 4) is 0 Å². The first-order chi connectivity index (χ1) is 13.3. The van der Waals surface area contributed by atoms with Gasteiger partial charge in [-0.25, -0.2) is 9.59 Å². The molecule has 0 aliphatic rings. The lowest BCUT2D eigenvalue weighted by Gasteiger charge is -2.21. The lowest BCUT2D eigenvalue weighted by atomic mass is 10.4. The molecule has 0 saturated carbocycles. The Morgan fingerprint density at radius 3 is 1.48 bits per heavy atom. The summed E-state index contributed by atoms with van der Waals surface area (Å²) in [6.45, 7) is 22.7. The van der Waals surface area contributed by atoms with Gasteiger partial charge in [-0.05, 0) is 71.9 Å². The van der Waals surface area contributed by atoms with Gasteiger partial charge in [0.25, 0.3) is 0 Å². The normalized spacial score (nSPS) is 11.2. The van der Waals surface area contributed by atoms with Gasteiger partial charge in [0, 0.05) is 24.9 Å². The molecule has 0 saturated heterocycles. The summed E-state index contributed by atoms with van der Waals surface area (Å²) in [5, 5.41) is 0. The fourth-order valence-corrected chi connectivity index (χ4v) is 5.26. The molecule has 8 heteroatoms. The maximum Gasteiger partial charge on any atom is 0.333 e. The Hall–Kier alpha value is -1.23. The molecule has 0 aromatic heterocycles. The van der Waals surface area contributed by atoms with Crippen LogP contribution < -0.4 is 0 Å². The average Bonchev–Trinajstić information content (AvgIpc) is 2.62. The highest BCUT2D eigenvalue weighted by atomic mass is 28.4. The molecular weight excluding hydrogens is 404 g/mol. The van der Waals surface area contributed by atoms with Gasteiger partial charge in [-0.2, -0.15) is 0 Å². The second-order valence-electron chi connectivity index (χ2n) is 8.20. The number of ether oxygens (including phenoxy) is 2. The van der Waals surface area contributed by atoms with Crippen LogP contribution in [0.4, 0.5) is 0 Å². The Labute approximate surface area is 179 Å². The smallest absolute Gasteiger partial charge is 0.333 e. The van der Waals surface area contributed by atoms with Gasteiger partial charge < -0.3 is 18.3 Å².